The number of piperazine rings is 1. The van der Waals surface area contributed by atoms with Crippen molar-refractivity contribution in [1.82, 2.24) is 9.80 Å². The third kappa shape index (κ3) is 5.47. The number of rotatable bonds is 8. The first kappa shape index (κ1) is 15.9. The SMILES string of the molecule is OCCN1CCN(C[C@@H](O)COCc2cccs2)CC1. The first-order chi connectivity index (χ1) is 9.78. The molecule has 1 saturated heterocycles. The average molecular weight is 300 g/mol. The van der Waals surface area contributed by atoms with E-state index in [0.29, 0.717) is 19.8 Å². The Bertz CT molecular complexity index is 353. The van der Waals surface area contributed by atoms with E-state index in [4.69, 9.17) is 9.84 Å². The van der Waals surface area contributed by atoms with Gasteiger partial charge < -0.3 is 14.9 Å². The van der Waals surface area contributed by atoms with E-state index in [1.54, 1.807) is 11.3 Å². The van der Waals surface area contributed by atoms with Crippen molar-refractivity contribution in [1.29, 1.82) is 0 Å². The van der Waals surface area contributed by atoms with Gasteiger partial charge in [-0.3, -0.25) is 9.80 Å². The largest absolute Gasteiger partial charge is 0.395 e. The molecule has 2 rings (SSSR count). The molecule has 20 heavy (non-hydrogen) atoms. The van der Waals surface area contributed by atoms with Crippen molar-refractivity contribution in [3.8, 4) is 0 Å². The van der Waals surface area contributed by atoms with Gasteiger partial charge in [0.2, 0.25) is 0 Å². The minimum atomic E-state index is -0.431. The predicted molar refractivity (Wildman–Crippen MR) is 79.9 cm³/mol. The number of aliphatic hydroxyl groups is 2. The van der Waals surface area contributed by atoms with Crippen LogP contribution in [0.2, 0.25) is 0 Å². The van der Waals surface area contributed by atoms with Crippen molar-refractivity contribution in [2.75, 3.05) is 52.5 Å². The second kappa shape index (κ2) is 8.71. The third-order valence-corrected chi connectivity index (χ3v) is 4.33. The minimum absolute atomic E-state index is 0.221. The van der Waals surface area contributed by atoms with Gasteiger partial charge in [0.15, 0.2) is 0 Å². The number of β-amino-alcohol motifs (C(OH)–C–C–N with tert-alkyl or cyclic N) is 2. The molecule has 0 saturated carbocycles. The van der Waals surface area contributed by atoms with Gasteiger partial charge in [0.25, 0.3) is 0 Å². The summed E-state index contributed by atoms with van der Waals surface area (Å²) in [6, 6.07) is 4.04. The van der Waals surface area contributed by atoms with Gasteiger partial charge in [0.05, 0.1) is 25.9 Å². The van der Waals surface area contributed by atoms with Crippen LogP contribution in [0.25, 0.3) is 0 Å². The summed E-state index contributed by atoms with van der Waals surface area (Å²) < 4.78 is 5.53. The normalized spacial score (nSPS) is 19.3. The zero-order chi connectivity index (χ0) is 14.2. The van der Waals surface area contributed by atoms with Gasteiger partial charge in [0, 0.05) is 44.1 Å². The first-order valence-electron chi connectivity index (χ1n) is 7.11. The van der Waals surface area contributed by atoms with E-state index in [2.05, 4.69) is 9.80 Å². The van der Waals surface area contributed by atoms with Crippen LogP contribution in [0.3, 0.4) is 0 Å². The second-order valence-corrected chi connectivity index (χ2v) is 6.15. The quantitative estimate of drug-likeness (QED) is 0.720. The lowest BCUT2D eigenvalue weighted by Gasteiger charge is -2.35. The zero-order valence-corrected chi connectivity index (χ0v) is 12.6. The molecule has 1 aromatic rings. The van der Waals surface area contributed by atoms with E-state index < -0.39 is 6.10 Å². The van der Waals surface area contributed by atoms with Crippen LogP contribution < -0.4 is 0 Å². The van der Waals surface area contributed by atoms with E-state index in [0.717, 1.165) is 32.7 Å². The van der Waals surface area contributed by atoms with Gasteiger partial charge in [-0.05, 0) is 11.4 Å². The fourth-order valence-corrected chi connectivity index (χ4v) is 3.02. The highest BCUT2D eigenvalue weighted by Crippen LogP contribution is 2.10. The molecule has 6 heteroatoms. The average Bonchev–Trinajstić information content (AvgIpc) is 2.94. The Morgan fingerprint density at radius 3 is 2.65 bits per heavy atom. The summed E-state index contributed by atoms with van der Waals surface area (Å²) in [4.78, 5) is 5.69. The summed E-state index contributed by atoms with van der Waals surface area (Å²) >= 11 is 1.67. The van der Waals surface area contributed by atoms with Crippen LogP contribution in [0.1, 0.15) is 4.88 Å². The summed E-state index contributed by atoms with van der Waals surface area (Å²) in [5.41, 5.74) is 0. The predicted octanol–water partition coefficient (Wildman–Crippen LogP) is 0.236. The smallest absolute Gasteiger partial charge is 0.0900 e. The molecular weight excluding hydrogens is 276 g/mol. The molecule has 5 nitrogen and oxygen atoms in total. The molecule has 0 aromatic carbocycles. The third-order valence-electron chi connectivity index (χ3n) is 3.48. The fourth-order valence-electron chi connectivity index (χ4n) is 2.38. The molecule has 2 heterocycles. The van der Waals surface area contributed by atoms with Gasteiger partial charge >= 0.3 is 0 Å². The summed E-state index contributed by atoms with van der Waals surface area (Å²) in [5.74, 6) is 0. The molecule has 0 bridgehead atoms. The number of hydrogen-bond acceptors (Lipinski definition) is 6. The highest BCUT2D eigenvalue weighted by atomic mass is 32.1. The molecular formula is C14H24N2O3S. The lowest BCUT2D eigenvalue weighted by Crippen LogP contribution is -2.49. The van der Waals surface area contributed by atoms with E-state index in [9.17, 15) is 5.11 Å². The molecule has 2 N–H and O–H groups in total. The van der Waals surface area contributed by atoms with Crippen LogP contribution in [0, 0.1) is 0 Å². The van der Waals surface area contributed by atoms with Gasteiger partial charge in [-0.15, -0.1) is 11.3 Å². The second-order valence-electron chi connectivity index (χ2n) is 5.11. The van der Waals surface area contributed by atoms with Crippen LogP contribution in [0.15, 0.2) is 17.5 Å². The van der Waals surface area contributed by atoms with E-state index >= 15 is 0 Å². The maximum absolute atomic E-state index is 9.98. The summed E-state index contributed by atoms with van der Waals surface area (Å²) in [6.45, 7) is 6.42. The van der Waals surface area contributed by atoms with Crippen LogP contribution in [0.4, 0.5) is 0 Å². The summed E-state index contributed by atoms with van der Waals surface area (Å²) in [6.07, 6.45) is -0.431. The number of hydrogen-bond donors (Lipinski definition) is 2. The van der Waals surface area contributed by atoms with Crippen molar-refractivity contribution in [3.63, 3.8) is 0 Å². The first-order valence-corrected chi connectivity index (χ1v) is 7.99. The Morgan fingerprint density at radius 2 is 2.00 bits per heavy atom. The number of nitrogens with zero attached hydrogens (tertiary/aromatic N) is 2. The van der Waals surface area contributed by atoms with Crippen molar-refractivity contribution in [2.45, 2.75) is 12.7 Å². The number of aliphatic hydroxyl groups excluding tert-OH is 2. The van der Waals surface area contributed by atoms with E-state index in [1.807, 2.05) is 17.5 Å². The Labute approximate surface area is 124 Å². The van der Waals surface area contributed by atoms with Gasteiger partial charge in [-0.1, -0.05) is 6.07 Å². The highest BCUT2D eigenvalue weighted by Gasteiger charge is 2.18. The Balaban J connectivity index is 1.57. The monoisotopic (exact) mass is 300 g/mol. The molecule has 0 unspecified atom stereocenters. The van der Waals surface area contributed by atoms with Crippen LogP contribution in [-0.4, -0.2) is 78.6 Å². The van der Waals surface area contributed by atoms with E-state index in [1.165, 1.54) is 4.88 Å². The zero-order valence-electron chi connectivity index (χ0n) is 11.8. The Kier molecular flexibility index (Phi) is 6.92. The highest BCUT2D eigenvalue weighted by molar-refractivity contribution is 7.09. The van der Waals surface area contributed by atoms with Crippen molar-refractivity contribution >= 4 is 11.3 Å². The number of ether oxygens (including phenoxy) is 1. The molecule has 0 aliphatic carbocycles. The maximum Gasteiger partial charge on any atom is 0.0900 e. The van der Waals surface area contributed by atoms with Gasteiger partial charge in [0.1, 0.15) is 0 Å². The molecule has 1 atom stereocenters. The van der Waals surface area contributed by atoms with Crippen molar-refractivity contribution < 1.29 is 14.9 Å². The Morgan fingerprint density at radius 1 is 1.25 bits per heavy atom. The fraction of sp³-hybridized carbons (Fsp3) is 0.714. The molecule has 114 valence electrons. The number of thiophene rings is 1. The molecule has 0 amide bonds. The van der Waals surface area contributed by atoms with E-state index in [-0.39, 0.29) is 6.61 Å². The van der Waals surface area contributed by atoms with Crippen LogP contribution in [-0.2, 0) is 11.3 Å². The Hall–Kier alpha value is -0.500. The lowest BCUT2D eigenvalue weighted by atomic mass is 10.2. The van der Waals surface area contributed by atoms with Gasteiger partial charge in [-0.25, -0.2) is 0 Å². The van der Waals surface area contributed by atoms with Crippen molar-refractivity contribution in [3.05, 3.63) is 22.4 Å². The standard InChI is InChI=1S/C14H24N2O3S/c17-8-7-15-3-5-16(6-4-15)10-13(18)11-19-12-14-2-1-9-20-14/h1-2,9,13,17-18H,3-8,10-12H2/t13-/m1/s1. The summed E-state index contributed by atoms with van der Waals surface area (Å²) in [7, 11) is 0. The lowest BCUT2D eigenvalue weighted by molar-refractivity contribution is 0.00116. The maximum atomic E-state index is 9.98. The topological polar surface area (TPSA) is 56.2 Å². The molecule has 1 aliphatic heterocycles. The van der Waals surface area contributed by atoms with Gasteiger partial charge in [-0.2, -0.15) is 0 Å². The summed E-state index contributed by atoms with van der Waals surface area (Å²) in [5, 5.41) is 20.9. The molecule has 1 fully saturated rings. The molecule has 1 aromatic heterocycles. The van der Waals surface area contributed by atoms with Crippen LogP contribution >= 0.6 is 11.3 Å². The molecule has 0 radical (unpaired) electrons. The molecule has 1 aliphatic rings. The van der Waals surface area contributed by atoms with Crippen molar-refractivity contribution in [2.24, 2.45) is 0 Å². The minimum Gasteiger partial charge on any atom is -0.395 e. The van der Waals surface area contributed by atoms with Crippen LogP contribution in [0.5, 0.6) is 0 Å². The molecule has 0 spiro atoms.